The lowest BCUT2D eigenvalue weighted by Gasteiger charge is -2.21. The first-order chi connectivity index (χ1) is 11.5. The zero-order valence-electron chi connectivity index (χ0n) is 13.5. The molecule has 0 aromatic carbocycles. The molecule has 0 radical (unpaired) electrons. The average Bonchev–Trinajstić information content (AvgIpc) is 3.13. The van der Waals surface area contributed by atoms with E-state index in [9.17, 15) is 9.59 Å². The number of carbonyl (C=O) groups excluding carboxylic acids is 2. The van der Waals surface area contributed by atoms with Crippen LogP contribution in [-0.4, -0.2) is 39.9 Å². The van der Waals surface area contributed by atoms with Gasteiger partial charge < -0.3 is 4.90 Å². The van der Waals surface area contributed by atoms with Gasteiger partial charge in [0.15, 0.2) is 5.82 Å². The molecule has 2 saturated heterocycles. The number of aryl methyl sites for hydroxylation is 1. The Morgan fingerprint density at radius 3 is 2.42 bits per heavy atom. The van der Waals surface area contributed by atoms with Crippen LogP contribution in [0.1, 0.15) is 11.3 Å². The second kappa shape index (κ2) is 5.36. The van der Waals surface area contributed by atoms with Crippen molar-refractivity contribution in [1.82, 2.24) is 20.3 Å². The number of imide groups is 1. The van der Waals surface area contributed by atoms with Crippen LogP contribution < -0.4 is 10.2 Å². The number of carbonyl (C=O) groups is 2. The van der Waals surface area contributed by atoms with Crippen molar-refractivity contribution >= 4 is 17.6 Å². The van der Waals surface area contributed by atoms with Gasteiger partial charge in [0.2, 0.25) is 11.8 Å². The van der Waals surface area contributed by atoms with E-state index < -0.39 is 0 Å². The summed E-state index contributed by atoms with van der Waals surface area (Å²) in [6, 6.07) is 5.60. The highest BCUT2D eigenvalue weighted by Gasteiger charge is 2.48. The van der Waals surface area contributed by atoms with Crippen molar-refractivity contribution in [3.8, 4) is 11.5 Å². The third-order valence-corrected chi connectivity index (χ3v) is 4.80. The van der Waals surface area contributed by atoms with Crippen molar-refractivity contribution in [1.29, 1.82) is 0 Å². The van der Waals surface area contributed by atoms with Gasteiger partial charge >= 0.3 is 0 Å². The molecule has 0 unspecified atom stereocenters. The zero-order valence-corrected chi connectivity index (χ0v) is 13.5. The van der Waals surface area contributed by atoms with Gasteiger partial charge in [0.05, 0.1) is 11.8 Å². The molecule has 4 heterocycles. The Labute approximate surface area is 139 Å². The monoisotopic (exact) mass is 323 g/mol. The minimum Gasteiger partial charge on any atom is -0.355 e. The normalized spacial score (nSPS) is 22.7. The Kier molecular flexibility index (Phi) is 3.30. The number of nitrogens with zero attached hydrogens (tertiary/aromatic N) is 4. The SMILES string of the molecule is Cc1nc(-c2ccccn2)nc(N2C[C@@H]3C(=O)NC(=O)[C@@H]3C2)c1C. The number of anilines is 1. The Morgan fingerprint density at radius 2 is 1.79 bits per heavy atom. The molecule has 0 saturated carbocycles. The summed E-state index contributed by atoms with van der Waals surface area (Å²) in [5.74, 6) is 0.400. The predicted molar refractivity (Wildman–Crippen MR) is 87.1 cm³/mol. The van der Waals surface area contributed by atoms with Crippen LogP contribution in [0.4, 0.5) is 5.82 Å². The van der Waals surface area contributed by atoms with E-state index >= 15 is 0 Å². The first-order valence-corrected chi connectivity index (χ1v) is 7.91. The molecule has 7 nitrogen and oxygen atoms in total. The highest BCUT2D eigenvalue weighted by Crippen LogP contribution is 2.33. The van der Waals surface area contributed by atoms with Crippen LogP contribution in [0.2, 0.25) is 0 Å². The molecule has 24 heavy (non-hydrogen) atoms. The molecule has 122 valence electrons. The standard InChI is InChI=1S/C17H17N5O2/c1-9-10(2)19-14(13-5-3-4-6-18-13)20-15(9)22-7-11-12(8-22)17(24)21-16(11)23/h3-6,11-12H,7-8H2,1-2H3,(H,21,23,24)/t11-,12+. The van der Waals surface area contributed by atoms with Gasteiger partial charge in [-0.1, -0.05) is 6.07 Å². The van der Waals surface area contributed by atoms with Crippen LogP contribution >= 0.6 is 0 Å². The van der Waals surface area contributed by atoms with Crippen molar-refractivity contribution in [2.45, 2.75) is 13.8 Å². The van der Waals surface area contributed by atoms with Crippen molar-refractivity contribution in [2.75, 3.05) is 18.0 Å². The topological polar surface area (TPSA) is 88.1 Å². The fraction of sp³-hybridized carbons (Fsp3) is 0.353. The molecule has 2 amide bonds. The molecule has 2 atom stereocenters. The van der Waals surface area contributed by atoms with Crippen LogP contribution in [0.15, 0.2) is 24.4 Å². The Balaban J connectivity index is 1.72. The van der Waals surface area contributed by atoms with Gasteiger partial charge in [-0.25, -0.2) is 9.97 Å². The van der Waals surface area contributed by atoms with E-state index in [1.165, 1.54) is 0 Å². The zero-order chi connectivity index (χ0) is 16.8. The molecule has 0 bridgehead atoms. The fourth-order valence-electron chi connectivity index (χ4n) is 3.35. The van der Waals surface area contributed by atoms with Crippen LogP contribution in [0, 0.1) is 25.7 Å². The van der Waals surface area contributed by atoms with Gasteiger partial charge in [0.25, 0.3) is 0 Å². The van der Waals surface area contributed by atoms with Gasteiger partial charge in [-0.3, -0.25) is 19.9 Å². The Morgan fingerprint density at radius 1 is 1.08 bits per heavy atom. The lowest BCUT2D eigenvalue weighted by Crippen LogP contribution is -2.32. The largest absolute Gasteiger partial charge is 0.355 e. The van der Waals surface area contributed by atoms with E-state index in [1.807, 2.05) is 36.9 Å². The summed E-state index contributed by atoms with van der Waals surface area (Å²) < 4.78 is 0. The van der Waals surface area contributed by atoms with Gasteiger partial charge in [0, 0.05) is 30.5 Å². The second-order valence-corrected chi connectivity index (χ2v) is 6.27. The van der Waals surface area contributed by atoms with Crippen molar-refractivity contribution in [2.24, 2.45) is 11.8 Å². The first kappa shape index (κ1) is 14.7. The number of amides is 2. The molecular formula is C17H17N5O2. The summed E-state index contributed by atoms with van der Waals surface area (Å²) in [7, 11) is 0. The molecule has 2 aliphatic heterocycles. The van der Waals surface area contributed by atoms with E-state index in [0.29, 0.717) is 24.6 Å². The quantitative estimate of drug-likeness (QED) is 0.825. The molecule has 4 rings (SSSR count). The third kappa shape index (κ3) is 2.24. The molecule has 2 fully saturated rings. The van der Waals surface area contributed by atoms with E-state index in [-0.39, 0.29) is 23.7 Å². The maximum atomic E-state index is 11.9. The third-order valence-electron chi connectivity index (χ3n) is 4.80. The summed E-state index contributed by atoms with van der Waals surface area (Å²) in [6.45, 7) is 4.90. The fourth-order valence-corrected chi connectivity index (χ4v) is 3.35. The van der Waals surface area contributed by atoms with Gasteiger partial charge in [-0.05, 0) is 26.0 Å². The number of pyridine rings is 1. The smallest absolute Gasteiger partial charge is 0.232 e. The highest BCUT2D eigenvalue weighted by molar-refractivity contribution is 6.06. The molecule has 0 spiro atoms. The molecule has 0 aliphatic carbocycles. The lowest BCUT2D eigenvalue weighted by atomic mass is 10.00. The maximum absolute atomic E-state index is 11.9. The van der Waals surface area contributed by atoms with Crippen molar-refractivity contribution in [3.63, 3.8) is 0 Å². The highest BCUT2D eigenvalue weighted by atomic mass is 16.2. The maximum Gasteiger partial charge on any atom is 0.232 e. The van der Waals surface area contributed by atoms with Crippen molar-refractivity contribution < 1.29 is 9.59 Å². The predicted octanol–water partition coefficient (Wildman–Crippen LogP) is 0.864. The number of nitrogens with one attached hydrogen (secondary N) is 1. The molecular weight excluding hydrogens is 306 g/mol. The van der Waals surface area contributed by atoms with Gasteiger partial charge in [-0.15, -0.1) is 0 Å². The minimum absolute atomic E-state index is 0.180. The summed E-state index contributed by atoms with van der Waals surface area (Å²) in [5, 5.41) is 2.41. The molecule has 7 heteroatoms. The van der Waals surface area contributed by atoms with E-state index in [0.717, 1.165) is 17.1 Å². The van der Waals surface area contributed by atoms with Crippen LogP contribution in [0.5, 0.6) is 0 Å². The molecule has 1 N–H and O–H groups in total. The Bertz CT molecular complexity index is 814. The number of aromatic nitrogens is 3. The summed E-state index contributed by atoms with van der Waals surface area (Å²) in [4.78, 5) is 39.3. The second-order valence-electron chi connectivity index (χ2n) is 6.27. The van der Waals surface area contributed by atoms with Crippen molar-refractivity contribution in [3.05, 3.63) is 35.7 Å². The Hall–Kier alpha value is -2.83. The average molecular weight is 323 g/mol. The van der Waals surface area contributed by atoms with E-state index in [4.69, 9.17) is 0 Å². The molecule has 2 aliphatic rings. The minimum atomic E-state index is -0.287. The summed E-state index contributed by atoms with van der Waals surface area (Å²) in [6.07, 6.45) is 1.71. The summed E-state index contributed by atoms with van der Waals surface area (Å²) >= 11 is 0. The first-order valence-electron chi connectivity index (χ1n) is 7.91. The lowest BCUT2D eigenvalue weighted by molar-refractivity contribution is -0.126. The number of hydrogen-bond donors (Lipinski definition) is 1. The number of fused-ring (bicyclic) bond motifs is 1. The van der Waals surface area contributed by atoms with Gasteiger partial charge in [-0.2, -0.15) is 0 Å². The van der Waals surface area contributed by atoms with Crippen LogP contribution in [-0.2, 0) is 9.59 Å². The summed E-state index contributed by atoms with van der Waals surface area (Å²) in [5.41, 5.74) is 2.53. The van der Waals surface area contributed by atoms with Crippen LogP contribution in [0.3, 0.4) is 0 Å². The molecule has 2 aromatic heterocycles. The van der Waals surface area contributed by atoms with Crippen LogP contribution in [0.25, 0.3) is 11.5 Å². The van der Waals surface area contributed by atoms with Gasteiger partial charge in [0.1, 0.15) is 11.5 Å². The number of rotatable bonds is 2. The van der Waals surface area contributed by atoms with E-state index in [2.05, 4.69) is 20.3 Å². The molecule has 2 aromatic rings. The van der Waals surface area contributed by atoms with E-state index in [1.54, 1.807) is 6.20 Å². The number of hydrogen-bond acceptors (Lipinski definition) is 6.